The fourth-order valence-corrected chi connectivity index (χ4v) is 2.77. The fourth-order valence-electron chi connectivity index (χ4n) is 2.77. The third kappa shape index (κ3) is 4.08. The molecular weight excluding hydrogens is 344 g/mol. The molecule has 27 heavy (non-hydrogen) atoms. The number of nitrogens with one attached hydrogen (secondary N) is 1. The van der Waals surface area contributed by atoms with Crippen molar-refractivity contribution < 1.29 is 13.9 Å². The number of hydrogen-bond donors (Lipinski definition) is 1. The highest BCUT2D eigenvalue weighted by atomic mass is 16.5. The summed E-state index contributed by atoms with van der Waals surface area (Å²) in [7, 11) is 1.56. The normalized spacial score (nSPS) is 10.5. The summed E-state index contributed by atoms with van der Waals surface area (Å²) in [5, 5.41) is 10.6. The van der Waals surface area contributed by atoms with Gasteiger partial charge in [-0.3, -0.25) is 4.79 Å². The molecule has 7 nitrogen and oxygen atoms in total. The van der Waals surface area contributed by atoms with Crippen molar-refractivity contribution >= 4 is 17.3 Å². The topological polar surface area (TPSA) is 80.5 Å². The quantitative estimate of drug-likeness (QED) is 0.684. The van der Waals surface area contributed by atoms with E-state index in [1.807, 2.05) is 36.4 Å². The molecule has 2 aromatic carbocycles. The van der Waals surface area contributed by atoms with Crippen LogP contribution in [0.25, 0.3) is 11.5 Å². The van der Waals surface area contributed by atoms with Gasteiger partial charge in [0.05, 0.1) is 12.7 Å². The molecule has 1 heterocycles. The van der Waals surface area contributed by atoms with Crippen molar-refractivity contribution in [3.8, 4) is 17.2 Å². The van der Waals surface area contributed by atoms with E-state index in [1.165, 1.54) is 0 Å². The molecule has 0 aliphatic rings. The molecule has 1 N–H and O–H groups in total. The van der Waals surface area contributed by atoms with Crippen LogP contribution < -0.4 is 15.0 Å². The summed E-state index contributed by atoms with van der Waals surface area (Å²) in [5.41, 5.74) is 2.40. The van der Waals surface area contributed by atoms with Gasteiger partial charge >= 0.3 is 11.8 Å². The second-order valence-electron chi connectivity index (χ2n) is 5.79. The number of methoxy groups -OCH3 is 1. The largest absolute Gasteiger partial charge is 0.496 e. The Morgan fingerprint density at radius 2 is 1.78 bits per heavy atom. The second-order valence-corrected chi connectivity index (χ2v) is 5.79. The Balaban J connectivity index is 1.73. The van der Waals surface area contributed by atoms with Crippen LogP contribution in [0, 0.1) is 0 Å². The molecule has 7 heteroatoms. The van der Waals surface area contributed by atoms with E-state index in [0.29, 0.717) is 17.0 Å². The summed E-state index contributed by atoms with van der Waals surface area (Å²) in [5.74, 6) is 0.262. The van der Waals surface area contributed by atoms with Crippen molar-refractivity contribution in [1.29, 1.82) is 0 Å². The maximum atomic E-state index is 12.4. The first kappa shape index (κ1) is 18.4. The van der Waals surface area contributed by atoms with Gasteiger partial charge in [0.1, 0.15) is 5.75 Å². The monoisotopic (exact) mass is 366 g/mol. The van der Waals surface area contributed by atoms with Crippen LogP contribution in [0.5, 0.6) is 5.75 Å². The van der Waals surface area contributed by atoms with Gasteiger partial charge in [0.2, 0.25) is 0 Å². The van der Waals surface area contributed by atoms with Gasteiger partial charge in [-0.15, -0.1) is 10.2 Å². The molecule has 0 saturated heterocycles. The summed E-state index contributed by atoms with van der Waals surface area (Å²) in [6.45, 7) is 6.06. The number of para-hydroxylation sites is 1. The average molecular weight is 366 g/mol. The highest BCUT2D eigenvalue weighted by Crippen LogP contribution is 2.28. The first-order valence-electron chi connectivity index (χ1n) is 8.79. The molecule has 3 aromatic rings. The van der Waals surface area contributed by atoms with Crippen LogP contribution in [0.3, 0.4) is 0 Å². The molecule has 0 fully saturated rings. The predicted octanol–water partition coefficient (Wildman–Crippen LogP) is 3.84. The maximum Gasteiger partial charge on any atom is 0.313 e. The van der Waals surface area contributed by atoms with Gasteiger partial charge in [-0.25, -0.2) is 0 Å². The summed E-state index contributed by atoms with van der Waals surface area (Å²) in [6, 6.07) is 14.9. The van der Waals surface area contributed by atoms with Gasteiger partial charge < -0.3 is 19.4 Å². The Hall–Kier alpha value is -3.35. The van der Waals surface area contributed by atoms with Crippen molar-refractivity contribution in [3.63, 3.8) is 0 Å². The zero-order valence-corrected chi connectivity index (χ0v) is 15.6. The Bertz CT molecular complexity index is 902. The van der Waals surface area contributed by atoms with Crippen molar-refractivity contribution in [2.75, 3.05) is 30.4 Å². The number of aromatic nitrogens is 2. The van der Waals surface area contributed by atoms with Gasteiger partial charge in [-0.1, -0.05) is 12.1 Å². The van der Waals surface area contributed by atoms with Gasteiger partial charge in [0, 0.05) is 24.5 Å². The van der Waals surface area contributed by atoms with E-state index in [1.54, 1.807) is 19.2 Å². The third-order valence-corrected chi connectivity index (χ3v) is 4.21. The zero-order chi connectivity index (χ0) is 19.2. The number of benzene rings is 2. The first-order chi connectivity index (χ1) is 13.2. The molecule has 1 aromatic heterocycles. The number of carbonyl (C=O) groups is 1. The minimum Gasteiger partial charge on any atom is -0.496 e. The van der Waals surface area contributed by atoms with Crippen LogP contribution in [0.2, 0.25) is 0 Å². The number of nitrogens with zero attached hydrogens (tertiary/aromatic N) is 3. The Morgan fingerprint density at radius 3 is 2.44 bits per heavy atom. The molecule has 0 spiro atoms. The minimum atomic E-state index is -0.459. The predicted molar refractivity (Wildman–Crippen MR) is 104 cm³/mol. The van der Waals surface area contributed by atoms with E-state index in [2.05, 4.69) is 34.3 Å². The van der Waals surface area contributed by atoms with Crippen LogP contribution in [0.1, 0.15) is 24.5 Å². The number of ether oxygens (including phenoxy) is 1. The summed E-state index contributed by atoms with van der Waals surface area (Å²) < 4.78 is 10.8. The highest BCUT2D eigenvalue weighted by molar-refractivity contribution is 6.01. The van der Waals surface area contributed by atoms with Crippen LogP contribution >= 0.6 is 0 Å². The molecule has 0 unspecified atom stereocenters. The highest BCUT2D eigenvalue weighted by Gasteiger charge is 2.18. The second kappa shape index (κ2) is 8.35. The van der Waals surface area contributed by atoms with E-state index in [0.717, 1.165) is 18.8 Å². The third-order valence-electron chi connectivity index (χ3n) is 4.21. The van der Waals surface area contributed by atoms with E-state index in [9.17, 15) is 4.79 Å². The van der Waals surface area contributed by atoms with Crippen LogP contribution in [-0.4, -0.2) is 36.3 Å². The van der Waals surface area contributed by atoms with Gasteiger partial charge in [-0.2, -0.15) is 0 Å². The lowest BCUT2D eigenvalue weighted by Gasteiger charge is -2.21. The Labute approximate surface area is 158 Å². The molecule has 0 bridgehead atoms. The number of hydrogen-bond acceptors (Lipinski definition) is 6. The number of anilines is 2. The standard InChI is InChI=1S/C20H22N4O3/c1-4-24(5-2)15-12-10-14(11-13-15)21-18(25)20-23-22-19(27-20)16-8-6-7-9-17(16)26-3/h6-13H,4-5H2,1-3H3,(H,21,25). The zero-order valence-electron chi connectivity index (χ0n) is 15.6. The molecule has 0 saturated carbocycles. The smallest absolute Gasteiger partial charge is 0.313 e. The van der Waals surface area contributed by atoms with Crippen LogP contribution in [0.15, 0.2) is 52.9 Å². The van der Waals surface area contributed by atoms with E-state index < -0.39 is 5.91 Å². The van der Waals surface area contributed by atoms with Crippen LogP contribution in [-0.2, 0) is 0 Å². The lowest BCUT2D eigenvalue weighted by molar-refractivity contribution is 0.0991. The molecule has 140 valence electrons. The van der Waals surface area contributed by atoms with Crippen molar-refractivity contribution in [2.45, 2.75) is 13.8 Å². The van der Waals surface area contributed by atoms with E-state index in [-0.39, 0.29) is 11.8 Å². The number of amides is 1. The van der Waals surface area contributed by atoms with Gasteiger partial charge in [0.15, 0.2) is 0 Å². The molecule has 0 aliphatic carbocycles. The summed E-state index contributed by atoms with van der Waals surface area (Å²) >= 11 is 0. The van der Waals surface area contributed by atoms with E-state index >= 15 is 0 Å². The molecule has 1 amide bonds. The summed E-state index contributed by atoms with van der Waals surface area (Å²) in [4.78, 5) is 14.6. The molecule has 0 aliphatic heterocycles. The fraction of sp³-hybridized carbons (Fsp3) is 0.250. The van der Waals surface area contributed by atoms with Crippen molar-refractivity contribution in [1.82, 2.24) is 10.2 Å². The average Bonchev–Trinajstić information content (AvgIpc) is 3.20. The van der Waals surface area contributed by atoms with Gasteiger partial charge in [-0.05, 0) is 50.2 Å². The Morgan fingerprint density at radius 1 is 1.07 bits per heavy atom. The SMILES string of the molecule is CCN(CC)c1ccc(NC(=O)c2nnc(-c3ccccc3OC)o2)cc1. The van der Waals surface area contributed by atoms with Crippen molar-refractivity contribution in [3.05, 3.63) is 54.4 Å². The molecule has 3 rings (SSSR count). The Kier molecular flexibility index (Phi) is 5.71. The van der Waals surface area contributed by atoms with E-state index in [4.69, 9.17) is 9.15 Å². The van der Waals surface area contributed by atoms with Gasteiger partial charge in [0.25, 0.3) is 5.89 Å². The minimum absolute atomic E-state index is 0.108. The lowest BCUT2D eigenvalue weighted by atomic mass is 10.2. The lowest BCUT2D eigenvalue weighted by Crippen LogP contribution is -2.21. The molecular formula is C20H22N4O3. The summed E-state index contributed by atoms with van der Waals surface area (Å²) in [6.07, 6.45) is 0. The molecule has 0 radical (unpaired) electrons. The molecule has 0 atom stereocenters. The number of rotatable bonds is 7. The van der Waals surface area contributed by atoms with Crippen molar-refractivity contribution in [2.24, 2.45) is 0 Å². The van der Waals surface area contributed by atoms with Crippen LogP contribution in [0.4, 0.5) is 11.4 Å². The maximum absolute atomic E-state index is 12.4. The first-order valence-corrected chi connectivity index (χ1v) is 8.79. The number of carbonyl (C=O) groups excluding carboxylic acids is 1.